The van der Waals surface area contributed by atoms with Gasteiger partial charge in [0.1, 0.15) is 0 Å². The van der Waals surface area contributed by atoms with Crippen LogP contribution in [0.4, 0.5) is 5.69 Å². The summed E-state index contributed by atoms with van der Waals surface area (Å²) in [5.74, 6) is 0. The first-order chi connectivity index (χ1) is 8.63. The number of rotatable bonds is 4. The molecule has 0 spiro atoms. The zero-order chi connectivity index (χ0) is 13.0. The number of nitrogens with zero attached hydrogens (tertiary/aromatic N) is 2. The van der Waals surface area contributed by atoms with Gasteiger partial charge in [-0.25, -0.2) is 0 Å². The van der Waals surface area contributed by atoms with Crippen molar-refractivity contribution in [3.05, 3.63) is 24.0 Å². The fourth-order valence-corrected chi connectivity index (χ4v) is 2.26. The van der Waals surface area contributed by atoms with E-state index in [2.05, 4.69) is 4.98 Å². The zero-order valence-electron chi connectivity index (χ0n) is 10.8. The van der Waals surface area contributed by atoms with E-state index in [1.807, 2.05) is 24.1 Å². The molecule has 0 unspecified atom stereocenters. The molecule has 0 amide bonds. The molecule has 2 heterocycles. The Morgan fingerprint density at radius 3 is 2.89 bits per heavy atom. The van der Waals surface area contributed by atoms with Crippen LogP contribution in [-0.4, -0.2) is 42.5 Å². The van der Waals surface area contributed by atoms with E-state index in [-0.39, 0.29) is 0 Å². The van der Waals surface area contributed by atoms with Gasteiger partial charge in [-0.05, 0) is 12.1 Å². The molecule has 0 bridgehead atoms. The van der Waals surface area contributed by atoms with Gasteiger partial charge < -0.3 is 20.5 Å². The predicted molar refractivity (Wildman–Crippen MR) is 70.4 cm³/mol. The summed E-state index contributed by atoms with van der Waals surface area (Å²) >= 11 is 0. The van der Waals surface area contributed by atoms with Crippen molar-refractivity contribution in [1.29, 1.82) is 0 Å². The summed E-state index contributed by atoms with van der Waals surface area (Å²) in [7, 11) is 1.98. The van der Waals surface area contributed by atoms with Crippen LogP contribution in [0.15, 0.2) is 18.3 Å². The largest absolute Gasteiger partial charge is 0.388 e. The minimum atomic E-state index is -0.654. The third-order valence-corrected chi connectivity index (χ3v) is 3.41. The van der Waals surface area contributed by atoms with Crippen molar-refractivity contribution in [1.82, 2.24) is 4.98 Å². The number of ether oxygens (including phenoxy) is 1. The molecule has 0 saturated carbocycles. The van der Waals surface area contributed by atoms with Gasteiger partial charge in [0.15, 0.2) is 0 Å². The molecule has 18 heavy (non-hydrogen) atoms. The van der Waals surface area contributed by atoms with E-state index in [9.17, 15) is 5.11 Å². The topological polar surface area (TPSA) is 71.6 Å². The van der Waals surface area contributed by atoms with Gasteiger partial charge in [-0.1, -0.05) is 0 Å². The van der Waals surface area contributed by atoms with Crippen LogP contribution in [0.3, 0.4) is 0 Å². The average molecular weight is 251 g/mol. The lowest BCUT2D eigenvalue weighted by atomic mass is 9.94. The predicted octanol–water partition coefficient (Wildman–Crippen LogP) is 0.518. The van der Waals surface area contributed by atoms with Crippen LogP contribution in [0.2, 0.25) is 0 Å². The maximum absolute atomic E-state index is 10.5. The first kappa shape index (κ1) is 13.3. The molecule has 0 aliphatic carbocycles. The van der Waals surface area contributed by atoms with E-state index in [1.165, 1.54) is 0 Å². The maximum atomic E-state index is 10.5. The summed E-state index contributed by atoms with van der Waals surface area (Å²) in [6, 6.07) is 3.89. The Balaban J connectivity index is 2.03. The Kier molecular flexibility index (Phi) is 4.16. The number of pyridine rings is 1. The summed E-state index contributed by atoms with van der Waals surface area (Å²) in [6.45, 7) is 2.30. The second kappa shape index (κ2) is 5.65. The minimum absolute atomic E-state index is 0.430. The Morgan fingerprint density at radius 1 is 1.50 bits per heavy atom. The second-order valence-electron chi connectivity index (χ2n) is 4.90. The third kappa shape index (κ3) is 3.19. The van der Waals surface area contributed by atoms with E-state index in [4.69, 9.17) is 10.5 Å². The number of nitrogens with two attached hydrogens (primary N) is 1. The fourth-order valence-electron chi connectivity index (χ4n) is 2.26. The van der Waals surface area contributed by atoms with Gasteiger partial charge in [0, 0.05) is 58.1 Å². The van der Waals surface area contributed by atoms with Gasteiger partial charge in [0.05, 0.1) is 11.3 Å². The molecule has 1 aliphatic heterocycles. The summed E-state index contributed by atoms with van der Waals surface area (Å²) in [4.78, 5) is 6.22. The van der Waals surface area contributed by atoms with Crippen LogP contribution in [0, 0.1) is 0 Å². The van der Waals surface area contributed by atoms with Crippen molar-refractivity contribution in [2.45, 2.75) is 25.0 Å². The van der Waals surface area contributed by atoms with Crippen molar-refractivity contribution in [3.8, 4) is 0 Å². The Hall–Kier alpha value is -1.17. The molecular weight excluding hydrogens is 230 g/mol. The molecule has 2 rings (SSSR count). The van der Waals surface area contributed by atoms with Crippen molar-refractivity contribution in [2.24, 2.45) is 5.73 Å². The minimum Gasteiger partial charge on any atom is -0.388 e. The maximum Gasteiger partial charge on any atom is 0.0865 e. The van der Waals surface area contributed by atoms with Gasteiger partial charge in [-0.2, -0.15) is 0 Å². The lowest BCUT2D eigenvalue weighted by Crippen LogP contribution is -2.45. The van der Waals surface area contributed by atoms with Gasteiger partial charge in [-0.3, -0.25) is 4.98 Å². The highest BCUT2D eigenvalue weighted by Crippen LogP contribution is 2.24. The Bertz CT molecular complexity index is 392. The molecule has 1 aromatic rings. The number of hydrogen-bond acceptors (Lipinski definition) is 5. The van der Waals surface area contributed by atoms with Gasteiger partial charge in [0.2, 0.25) is 0 Å². The number of aromatic nitrogens is 1. The average Bonchev–Trinajstić information content (AvgIpc) is 2.39. The molecule has 1 saturated heterocycles. The van der Waals surface area contributed by atoms with Crippen LogP contribution < -0.4 is 10.6 Å². The number of likely N-dealkylation sites (N-methyl/N-ethyl adjacent to an activating group) is 1. The summed E-state index contributed by atoms with van der Waals surface area (Å²) in [6.07, 6.45) is 3.13. The summed E-state index contributed by atoms with van der Waals surface area (Å²) < 4.78 is 5.28. The van der Waals surface area contributed by atoms with Gasteiger partial charge >= 0.3 is 0 Å². The fraction of sp³-hybridized carbons (Fsp3) is 0.615. The molecule has 3 N–H and O–H groups in total. The first-order valence-corrected chi connectivity index (χ1v) is 6.29. The number of aliphatic hydroxyl groups is 1. The Labute approximate surface area is 108 Å². The van der Waals surface area contributed by atoms with Crippen LogP contribution in [0.25, 0.3) is 0 Å². The zero-order valence-corrected chi connectivity index (χ0v) is 10.8. The molecule has 0 radical (unpaired) electrons. The molecule has 1 aromatic heterocycles. The third-order valence-electron chi connectivity index (χ3n) is 3.41. The van der Waals surface area contributed by atoms with Crippen LogP contribution in [0.1, 0.15) is 18.5 Å². The lowest BCUT2D eigenvalue weighted by Gasteiger charge is -2.36. The monoisotopic (exact) mass is 251 g/mol. The first-order valence-electron chi connectivity index (χ1n) is 6.29. The molecule has 1 aliphatic rings. The van der Waals surface area contributed by atoms with Crippen LogP contribution in [0.5, 0.6) is 0 Å². The van der Waals surface area contributed by atoms with Crippen LogP contribution in [-0.2, 0) is 11.3 Å². The lowest BCUT2D eigenvalue weighted by molar-refractivity contribution is -0.0572. The van der Waals surface area contributed by atoms with E-state index in [0.717, 1.165) is 11.4 Å². The van der Waals surface area contributed by atoms with Crippen molar-refractivity contribution in [2.75, 3.05) is 31.7 Å². The Morgan fingerprint density at radius 2 is 2.22 bits per heavy atom. The van der Waals surface area contributed by atoms with E-state index < -0.39 is 5.60 Å². The molecule has 0 aromatic carbocycles. The number of anilines is 1. The van der Waals surface area contributed by atoms with E-state index >= 15 is 0 Å². The molecular formula is C13H21N3O2. The van der Waals surface area contributed by atoms with Crippen molar-refractivity contribution in [3.63, 3.8) is 0 Å². The molecule has 5 heteroatoms. The standard InChI is InChI=1S/C13H21N3O2/c1-16(10-13(17)3-6-18-7-4-13)12-2-5-15-11(8-12)9-14/h2,5,8,17H,3-4,6-7,9-10,14H2,1H3. The SMILES string of the molecule is CN(CC1(O)CCOCC1)c1ccnc(CN)c1. The second-order valence-corrected chi connectivity index (χ2v) is 4.90. The van der Waals surface area contributed by atoms with Crippen LogP contribution >= 0.6 is 0 Å². The molecule has 100 valence electrons. The summed E-state index contributed by atoms with van der Waals surface area (Å²) in [5, 5.41) is 10.5. The quantitative estimate of drug-likeness (QED) is 0.816. The highest BCUT2D eigenvalue weighted by Gasteiger charge is 2.31. The normalized spacial score (nSPS) is 18.6. The van der Waals surface area contributed by atoms with Gasteiger partial charge in [-0.15, -0.1) is 0 Å². The van der Waals surface area contributed by atoms with E-state index in [1.54, 1.807) is 6.20 Å². The van der Waals surface area contributed by atoms with Gasteiger partial charge in [0.25, 0.3) is 0 Å². The smallest absolute Gasteiger partial charge is 0.0865 e. The highest BCUT2D eigenvalue weighted by atomic mass is 16.5. The highest BCUT2D eigenvalue weighted by molar-refractivity contribution is 5.46. The molecule has 1 fully saturated rings. The van der Waals surface area contributed by atoms with Crippen molar-refractivity contribution < 1.29 is 9.84 Å². The van der Waals surface area contributed by atoms with Crippen molar-refractivity contribution >= 4 is 5.69 Å². The summed E-state index contributed by atoms with van der Waals surface area (Å²) in [5.41, 5.74) is 6.82. The molecule has 0 atom stereocenters. The molecule has 5 nitrogen and oxygen atoms in total. The number of hydrogen-bond donors (Lipinski definition) is 2. The van der Waals surface area contributed by atoms with E-state index in [0.29, 0.717) is 39.1 Å².